The zero-order valence-corrected chi connectivity index (χ0v) is 18.2. The minimum atomic E-state index is -0.783. The van der Waals surface area contributed by atoms with Crippen LogP contribution in [0.25, 0.3) is 0 Å². The number of thioether (sulfide) groups is 1. The van der Waals surface area contributed by atoms with Crippen LogP contribution in [0.15, 0.2) is 77.7 Å². The molecule has 0 saturated heterocycles. The van der Waals surface area contributed by atoms with Crippen molar-refractivity contribution in [3.05, 3.63) is 89.5 Å². The molecule has 0 fully saturated rings. The molecule has 1 amide bonds. The Morgan fingerprint density at radius 3 is 2.33 bits per heavy atom. The van der Waals surface area contributed by atoms with Crippen LogP contribution in [0.5, 0.6) is 0 Å². The van der Waals surface area contributed by atoms with Gasteiger partial charge in [-0.1, -0.05) is 79.3 Å². The highest BCUT2D eigenvalue weighted by atomic mass is 32.2. The molecule has 1 N–H and O–H groups in total. The van der Waals surface area contributed by atoms with Crippen LogP contribution in [-0.4, -0.2) is 11.4 Å². The van der Waals surface area contributed by atoms with Crippen molar-refractivity contribution in [3.8, 4) is 0 Å². The lowest BCUT2D eigenvalue weighted by atomic mass is 9.65. The standard InChI is InChI=1S/C26H24N2OS/c1-24(2)16-25(3,17-10-5-4-6-11-17)18-12-9-13-19-22(18)28(24)23(29)26(19)27-20-14-7-8-15-21(20)30-26/h4-15,27H,16H2,1-3H3/t25-,26-/m1/s1. The number of carbonyl (C=O) groups is 1. The number of nitrogens with one attached hydrogen (secondary N) is 1. The van der Waals surface area contributed by atoms with Crippen molar-refractivity contribution < 1.29 is 4.79 Å². The van der Waals surface area contributed by atoms with Crippen LogP contribution in [0.2, 0.25) is 0 Å². The fourth-order valence-electron chi connectivity index (χ4n) is 5.83. The molecule has 3 heterocycles. The summed E-state index contributed by atoms with van der Waals surface area (Å²) in [5.74, 6) is 0.145. The Morgan fingerprint density at radius 2 is 1.57 bits per heavy atom. The molecule has 0 bridgehead atoms. The highest BCUT2D eigenvalue weighted by Crippen LogP contribution is 2.63. The maximum absolute atomic E-state index is 14.1. The minimum Gasteiger partial charge on any atom is -0.358 e. The lowest BCUT2D eigenvalue weighted by Crippen LogP contribution is -2.56. The summed E-state index contributed by atoms with van der Waals surface area (Å²) < 4.78 is 0. The van der Waals surface area contributed by atoms with Crippen molar-refractivity contribution in [3.63, 3.8) is 0 Å². The van der Waals surface area contributed by atoms with Crippen LogP contribution in [0, 0.1) is 0 Å². The molecule has 0 unspecified atom stereocenters. The summed E-state index contributed by atoms with van der Waals surface area (Å²) in [6.45, 7) is 6.74. The van der Waals surface area contributed by atoms with Crippen molar-refractivity contribution in [2.75, 3.05) is 10.2 Å². The predicted octanol–water partition coefficient (Wildman–Crippen LogP) is 5.89. The Balaban J connectivity index is 1.62. The van der Waals surface area contributed by atoms with Gasteiger partial charge in [-0.2, -0.15) is 0 Å². The van der Waals surface area contributed by atoms with Crippen LogP contribution in [-0.2, 0) is 15.1 Å². The normalized spacial score (nSPS) is 27.7. The molecule has 3 nitrogen and oxygen atoms in total. The fourth-order valence-corrected chi connectivity index (χ4v) is 7.15. The Morgan fingerprint density at radius 1 is 0.867 bits per heavy atom. The highest BCUT2D eigenvalue weighted by molar-refractivity contribution is 8.01. The maximum atomic E-state index is 14.1. The van der Waals surface area contributed by atoms with Crippen molar-refractivity contribution >= 4 is 29.0 Å². The molecule has 0 aromatic heterocycles. The van der Waals surface area contributed by atoms with Gasteiger partial charge in [0.2, 0.25) is 0 Å². The van der Waals surface area contributed by atoms with Crippen LogP contribution < -0.4 is 10.2 Å². The molecule has 0 aliphatic carbocycles. The molecule has 0 radical (unpaired) electrons. The quantitative estimate of drug-likeness (QED) is 0.541. The van der Waals surface area contributed by atoms with E-state index in [0.29, 0.717) is 0 Å². The number of amides is 1. The van der Waals surface area contributed by atoms with Crippen LogP contribution in [0.3, 0.4) is 0 Å². The lowest BCUT2D eigenvalue weighted by molar-refractivity contribution is -0.120. The third-order valence-electron chi connectivity index (χ3n) is 7.00. The van der Waals surface area contributed by atoms with Crippen molar-refractivity contribution in [2.24, 2.45) is 0 Å². The molecule has 30 heavy (non-hydrogen) atoms. The monoisotopic (exact) mass is 412 g/mol. The second kappa shape index (κ2) is 5.70. The number of anilines is 2. The molecular formula is C26H24N2OS. The van der Waals surface area contributed by atoms with E-state index in [-0.39, 0.29) is 16.9 Å². The number of fused-ring (bicyclic) bond motifs is 2. The van der Waals surface area contributed by atoms with Gasteiger partial charge in [0.25, 0.3) is 5.91 Å². The summed E-state index contributed by atoms with van der Waals surface area (Å²) in [7, 11) is 0. The van der Waals surface area contributed by atoms with E-state index in [1.165, 1.54) is 11.1 Å². The van der Waals surface area contributed by atoms with Gasteiger partial charge in [0.15, 0.2) is 4.87 Å². The molecule has 3 aromatic rings. The first kappa shape index (κ1) is 18.1. The zero-order chi connectivity index (χ0) is 20.7. The molecule has 1 spiro atoms. The third kappa shape index (κ3) is 2.10. The fraction of sp³-hybridized carbons (Fsp3) is 0.269. The summed E-state index contributed by atoms with van der Waals surface area (Å²) in [5, 5.41) is 3.61. The SMILES string of the molecule is CC1(C)C[C@](C)(c2ccccc2)c2cccc3c2N1C(=O)[C@@]31Nc2ccccc2S1. The summed E-state index contributed by atoms with van der Waals surface area (Å²) in [6.07, 6.45) is 0.875. The van der Waals surface area contributed by atoms with E-state index in [1.807, 2.05) is 12.1 Å². The Bertz CT molecular complexity index is 1180. The number of hydrogen-bond donors (Lipinski definition) is 1. The molecule has 150 valence electrons. The summed E-state index contributed by atoms with van der Waals surface area (Å²) >= 11 is 1.65. The molecule has 3 aliphatic heterocycles. The van der Waals surface area contributed by atoms with Crippen molar-refractivity contribution in [1.29, 1.82) is 0 Å². The van der Waals surface area contributed by atoms with Crippen molar-refractivity contribution in [1.82, 2.24) is 0 Å². The predicted molar refractivity (Wildman–Crippen MR) is 123 cm³/mol. The Hall–Kier alpha value is -2.72. The smallest absolute Gasteiger partial charge is 0.268 e. The number of para-hydroxylation sites is 2. The van der Waals surface area contributed by atoms with Gasteiger partial charge in [-0.3, -0.25) is 4.79 Å². The van der Waals surface area contributed by atoms with E-state index in [2.05, 4.69) is 91.7 Å². The van der Waals surface area contributed by atoms with Crippen molar-refractivity contribution in [2.45, 2.75) is 47.9 Å². The highest BCUT2D eigenvalue weighted by Gasteiger charge is 2.62. The Kier molecular flexibility index (Phi) is 3.44. The van der Waals surface area contributed by atoms with Gasteiger partial charge < -0.3 is 10.2 Å². The summed E-state index contributed by atoms with van der Waals surface area (Å²) in [6, 6.07) is 25.4. The van der Waals surface area contributed by atoms with Crippen LogP contribution >= 0.6 is 11.8 Å². The Labute approximate surface area is 181 Å². The third-order valence-corrected chi connectivity index (χ3v) is 8.38. The largest absolute Gasteiger partial charge is 0.358 e. The molecule has 0 saturated carbocycles. The van der Waals surface area contributed by atoms with Gasteiger partial charge in [0.1, 0.15) is 0 Å². The van der Waals surface area contributed by atoms with E-state index < -0.39 is 4.87 Å². The topological polar surface area (TPSA) is 32.3 Å². The lowest BCUT2D eigenvalue weighted by Gasteiger charge is -2.50. The van der Waals surface area contributed by atoms with Gasteiger partial charge >= 0.3 is 0 Å². The van der Waals surface area contributed by atoms with Gasteiger partial charge in [-0.25, -0.2) is 0 Å². The number of hydrogen-bond acceptors (Lipinski definition) is 3. The summed E-state index contributed by atoms with van der Waals surface area (Å²) in [5.41, 5.74) is 5.31. The van der Waals surface area contributed by atoms with Gasteiger partial charge in [0.05, 0.1) is 5.69 Å². The first-order valence-corrected chi connectivity index (χ1v) is 11.3. The number of nitrogens with zero attached hydrogens (tertiary/aromatic N) is 1. The molecule has 4 heteroatoms. The van der Waals surface area contributed by atoms with Gasteiger partial charge in [-0.15, -0.1) is 0 Å². The van der Waals surface area contributed by atoms with Gasteiger partial charge in [-0.05, 0) is 43.5 Å². The molecule has 3 aliphatic rings. The number of carbonyl (C=O) groups excluding carboxylic acids is 1. The first-order chi connectivity index (χ1) is 14.4. The van der Waals surface area contributed by atoms with E-state index in [1.54, 1.807) is 11.8 Å². The molecule has 3 aromatic carbocycles. The number of benzene rings is 3. The number of rotatable bonds is 1. The van der Waals surface area contributed by atoms with E-state index >= 15 is 0 Å². The molecule has 2 atom stereocenters. The summed E-state index contributed by atoms with van der Waals surface area (Å²) in [4.78, 5) is 16.5. The average Bonchev–Trinajstić information content (AvgIpc) is 3.24. The van der Waals surface area contributed by atoms with Crippen LogP contribution in [0.4, 0.5) is 11.4 Å². The van der Waals surface area contributed by atoms with E-state index in [0.717, 1.165) is 28.3 Å². The molecular weight excluding hydrogens is 388 g/mol. The van der Waals surface area contributed by atoms with E-state index in [9.17, 15) is 4.79 Å². The second-order valence-electron chi connectivity index (χ2n) is 9.43. The van der Waals surface area contributed by atoms with Crippen LogP contribution in [0.1, 0.15) is 43.9 Å². The first-order valence-electron chi connectivity index (χ1n) is 10.5. The minimum absolute atomic E-state index is 0.145. The maximum Gasteiger partial charge on any atom is 0.268 e. The molecule has 6 rings (SSSR count). The van der Waals surface area contributed by atoms with E-state index in [4.69, 9.17) is 0 Å². The average molecular weight is 413 g/mol. The second-order valence-corrected chi connectivity index (χ2v) is 10.7. The van der Waals surface area contributed by atoms with Gasteiger partial charge in [0, 0.05) is 27.1 Å². The zero-order valence-electron chi connectivity index (χ0n) is 17.4.